The van der Waals surface area contributed by atoms with E-state index in [0.29, 0.717) is 11.3 Å². The predicted octanol–water partition coefficient (Wildman–Crippen LogP) is 1.80. The highest BCUT2D eigenvalue weighted by Crippen LogP contribution is 2.11. The van der Waals surface area contributed by atoms with E-state index in [4.69, 9.17) is 11.6 Å². The van der Waals surface area contributed by atoms with E-state index in [1.807, 2.05) is 0 Å². The van der Waals surface area contributed by atoms with E-state index in [-0.39, 0.29) is 11.3 Å². The molecule has 1 aromatic heterocycles. The summed E-state index contributed by atoms with van der Waals surface area (Å²) in [6, 6.07) is 4.30. The molecule has 0 aliphatic rings. The Morgan fingerprint density at radius 2 is 2.29 bits per heavy atom. The molecule has 0 atom stereocenters. The van der Waals surface area contributed by atoms with Crippen molar-refractivity contribution in [1.82, 2.24) is 9.97 Å². The van der Waals surface area contributed by atoms with Gasteiger partial charge in [-0.25, -0.2) is 9.37 Å². The number of nitrogens with one attached hydrogen (secondary N) is 1. The zero-order valence-electron chi connectivity index (χ0n) is 7.05. The lowest BCUT2D eigenvalue weighted by atomic mass is 10.2. The second-order valence-corrected chi connectivity index (χ2v) is 3.05. The van der Waals surface area contributed by atoms with Gasteiger partial charge in [-0.2, -0.15) is 0 Å². The molecule has 1 N–H and O–H groups in total. The zero-order valence-corrected chi connectivity index (χ0v) is 7.81. The molecule has 5 heteroatoms. The maximum Gasteiger partial charge on any atom is 0.261 e. The average molecular weight is 213 g/mol. The number of benzene rings is 1. The smallest absolute Gasteiger partial charge is 0.261 e. The van der Waals surface area contributed by atoms with Crippen molar-refractivity contribution in [2.75, 3.05) is 0 Å². The summed E-state index contributed by atoms with van der Waals surface area (Å²) in [5.41, 5.74) is -0.173. The van der Waals surface area contributed by atoms with Gasteiger partial charge in [0.2, 0.25) is 0 Å². The van der Waals surface area contributed by atoms with E-state index < -0.39 is 11.4 Å². The molecule has 0 saturated heterocycles. The Morgan fingerprint density at radius 3 is 3.00 bits per heavy atom. The Balaban J connectivity index is 2.90. The second-order valence-electron chi connectivity index (χ2n) is 2.78. The van der Waals surface area contributed by atoms with Crippen molar-refractivity contribution in [2.24, 2.45) is 0 Å². The molecule has 0 radical (unpaired) electrons. The van der Waals surface area contributed by atoms with Crippen LogP contribution < -0.4 is 5.56 Å². The van der Waals surface area contributed by atoms with E-state index in [9.17, 15) is 9.18 Å². The van der Waals surface area contributed by atoms with Crippen LogP contribution in [0.5, 0.6) is 0 Å². The number of nitrogens with zero attached hydrogens (tertiary/aromatic N) is 1. The minimum atomic E-state index is -0.572. The number of hydrogen-bond donors (Lipinski definition) is 1. The highest BCUT2D eigenvalue weighted by atomic mass is 35.5. The minimum Gasteiger partial charge on any atom is -0.309 e. The van der Waals surface area contributed by atoms with Crippen molar-refractivity contribution >= 4 is 22.5 Å². The van der Waals surface area contributed by atoms with Crippen LogP contribution >= 0.6 is 11.6 Å². The lowest BCUT2D eigenvalue weighted by Crippen LogP contribution is -2.12. The van der Waals surface area contributed by atoms with Crippen molar-refractivity contribution in [2.45, 2.75) is 5.88 Å². The third-order valence-corrected chi connectivity index (χ3v) is 2.11. The van der Waals surface area contributed by atoms with Gasteiger partial charge in [0.15, 0.2) is 0 Å². The van der Waals surface area contributed by atoms with Gasteiger partial charge in [-0.1, -0.05) is 6.07 Å². The number of halogens is 2. The summed E-state index contributed by atoms with van der Waals surface area (Å²) in [4.78, 5) is 17.8. The van der Waals surface area contributed by atoms with Gasteiger partial charge in [0, 0.05) is 0 Å². The van der Waals surface area contributed by atoms with E-state index in [1.54, 1.807) is 6.07 Å². The van der Waals surface area contributed by atoms with E-state index >= 15 is 0 Å². The fourth-order valence-electron chi connectivity index (χ4n) is 1.26. The first-order valence-electron chi connectivity index (χ1n) is 3.96. The SMILES string of the molecule is O=c1[nH]c(CCl)nc2cccc(F)c12. The number of aromatic nitrogens is 2. The number of rotatable bonds is 1. The Bertz CT molecular complexity index is 538. The highest BCUT2D eigenvalue weighted by Gasteiger charge is 2.06. The standard InChI is InChI=1S/C9H6ClFN2O/c10-4-7-12-6-3-1-2-5(11)8(6)9(14)13-7/h1-3H,4H2,(H,12,13,14). The molecule has 0 saturated carbocycles. The van der Waals surface area contributed by atoms with E-state index in [2.05, 4.69) is 9.97 Å². The number of aromatic amines is 1. The molecule has 3 nitrogen and oxygen atoms in total. The normalized spacial score (nSPS) is 10.7. The Morgan fingerprint density at radius 1 is 1.50 bits per heavy atom. The molecule has 0 bridgehead atoms. The number of hydrogen-bond acceptors (Lipinski definition) is 2. The summed E-state index contributed by atoms with van der Waals surface area (Å²) < 4.78 is 13.2. The Labute approximate surface area is 83.5 Å². The number of alkyl halides is 1. The summed E-state index contributed by atoms with van der Waals surface area (Å²) in [5, 5.41) is -0.0265. The van der Waals surface area contributed by atoms with Crippen LogP contribution in [-0.2, 0) is 5.88 Å². The quantitative estimate of drug-likeness (QED) is 0.733. The van der Waals surface area contributed by atoms with Gasteiger partial charge in [-0.15, -0.1) is 11.6 Å². The first kappa shape index (κ1) is 9.15. The van der Waals surface area contributed by atoms with E-state index in [1.165, 1.54) is 12.1 Å². The van der Waals surface area contributed by atoms with Crippen LogP contribution in [-0.4, -0.2) is 9.97 Å². The van der Waals surface area contributed by atoms with Crippen LogP contribution in [0.25, 0.3) is 10.9 Å². The molecule has 2 aromatic rings. The minimum absolute atomic E-state index is 0.0265. The summed E-state index contributed by atoms with van der Waals surface area (Å²) in [7, 11) is 0. The monoisotopic (exact) mass is 212 g/mol. The lowest BCUT2D eigenvalue weighted by Gasteiger charge is -1.99. The van der Waals surface area contributed by atoms with Crippen LogP contribution in [0.1, 0.15) is 5.82 Å². The van der Waals surface area contributed by atoms with Crippen molar-refractivity contribution in [3.05, 3.63) is 40.2 Å². The second kappa shape index (κ2) is 3.38. The Hall–Kier alpha value is -1.42. The van der Waals surface area contributed by atoms with Gasteiger partial charge in [-0.3, -0.25) is 4.79 Å². The fraction of sp³-hybridized carbons (Fsp3) is 0.111. The molecular formula is C9H6ClFN2O. The predicted molar refractivity (Wildman–Crippen MR) is 51.9 cm³/mol. The maximum absolute atomic E-state index is 13.2. The van der Waals surface area contributed by atoms with Crippen LogP contribution in [0.2, 0.25) is 0 Å². The number of H-pyrrole nitrogens is 1. The van der Waals surface area contributed by atoms with Crippen LogP contribution in [0.3, 0.4) is 0 Å². The van der Waals surface area contributed by atoms with E-state index in [0.717, 1.165) is 0 Å². The van der Waals surface area contributed by atoms with Crippen molar-refractivity contribution in [3.8, 4) is 0 Å². The van der Waals surface area contributed by atoms with Crippen molar-refractivity contribution in [1.29, 1.82) is 0 Å². The fourth-order valence-corrected chi connectivity index (χ4v) is 1.39. The number of fused-ring (bicyclic) bond motifs is 1. The first-order chi connectivity index (χ1) is 6.72. The lowest BCUT2D eigenvalue weighted by molar-refractivity contribution is 0.638. The van der Waals surface area contributed by atoms with Crippen LogP contribution in [0, 0.1) is 5.82 Å². The molecule has 1 heterocycles. The molecule has 0 unspecified atom stereocenters. The van der Waals surface area contributed by atoms with Gasteiger partial charge in [-0.05, 0) is 12.1 Å². The van der Waals surface area contributed by atoms with Gasteiger partial charge in [0.05, 0.1) is 11.4 Å². The molecule has 0 aliphatic carbocycles. The zero-order chi connectivity index (χ0) is 10.1. The molecular weight excluding hydrogens is 207 g/mol. The summed E-state index contributed by atoms with van der Waals surface area (Å²) in [6.45, 7) is 0. The largest absolute Gasteiger partial charge is 0.309 e. The Kier molecular flexibility index (Phi) is 2.21. The third-order valence-electron chi connectivity index (χ3n) is 1.86. The summed E-state index contributed by atoms with van der Waals surface area (Å²) in [6.07, 6.45) is 0. The molecule has 2 rings (SSSR count). The van der Waals surface area contributed by atoms with Gasteiger partial charge in [0.1, 0.15) is 17.0 Å². The van der Waals surface area contributed by atoms with Gasteiger partial charge >= 0.3 is 0 Å². The topological polar surface area (TPSA) is 45.8 Å². The molecule has 72 valence electrons. The molecule has 0 amide bonds. The highest BCUT2D eigenvalue weighted by molar-refractivity contribution is 6.16. The summed E-state index contributed by atoms with van der Waals surface area (Å²) >= 11 is 5.51. The van der Waals surface area contributed by atoms with Crippen molar-refractivity contribution < 1.29 is 4.39 Å². The van der Waals surface area contributed by atoms with Gasteiger partial charge in [0.25, 0.3) is 5.56 Å². The van der Waals surface area contributed by atoms with Crippen LogP contribution in [0.4, 0.5) is 4.39 Å². The van der Waals surface area contributed by atoms with Crippen molar-refractivity contribution in [3.63, 3.8) is 0 Å². The maximum atomic E-state index is 13.2. The summed E-state index contributed by atoms with van der Waals surface area (Å²) in [5.74, 6) is -0.131. The van der Waals surface area contributed by atoms with Crippen LogP contribution in [0.15, 0.2) is 23.0 Å². The molecule has 0 aliphatic heterocycles. The molecule has 14 heavy (non-hydrogen) atoms. The first-order valence-corrected chi connectivity index (χ1v) is 4.49. The molecule has 1 aromatic carbocycles. The molecule has 0 spiro atoms. The average Bonchev–Trinajstić information content (AvgIpc) is 2.17. The third kappa shape index (κ3) is 1.37. The molecule has 0 fully saturated rings. The van der Waals surface area contributed by atoms with Gasteiger partial charge < -0.3 is 4.98 Å².